The highest BCUT2D eigenvalue weighted by molar-refractivity contribution is 6.05. The number of aliphatic hydroxyl groups is 1. The minimum absolute atomic E-state index is 0.0917. The predicted molar refractivity (Wildman–Crippen MR) is 172 cm³/mol. The van der Waals surface area contributed by atoms with Crippen molar-refractivity contribution >= 4 is 29.2 Å². The number of hydrogen-bond acceptors (Lipinski definition) is 7. The molecular formula is C35H51N3O6. The molecule has 3 aliphatic rings. The van der Waals surface area contributed by atoms with Crippen LogP contribution in [0.25, 0.3) is 0 Å². The molecule has 242 valence electrons. The number of amides is 2. The van der Waals surface area contributed by atoms with Crippen molar-refractivity contribution in [3.05, 3.63) is 49.6 Å². The van der Waals surface area contributed by atoms with Crippen LogP contribution in [-0.4, -0.2) is 83.9 Å². The average molecular weight is 610 g/mol. The van der Waals surface area contributed by atoms with Crippen molar-refractivity contribution in [1.29, 1.82) is 0 Å². The first-order valence-corrected chi connectivity index (χ1v) is 16.3. The van der Waals surface area contributed by atoms with E-state index in [1.54, 1.807) is 22.0 Å². The van der Waals surface area contributed by atoms with Crippen molar-refractivity contribution in [2.75, 3.05) is 42.6 Å². The molecule has 3 heterocycles. The molecule has 2 bridgehead atoms. The van der Waals surface area contributed by atoms with Crippen LogP contribution in [0.1, 0.15) is 66.7 Å². The molecule has 44 heavy (non-hydrogen) atoms. The third-order valence-corrected chi connectivity index (χ3v) is 10.4. The van der Waals surface area contributed by atoms with Gasteiger partial charge in [0.1, 0.15) is 17.6 Å². The van der Waals surface area contributed by atoms with Gasteiger partial charge in [-0.15, -0.1) is 13.2 Å². The summed E-state index contributed by atoms with van der Waals surface area (Å²) >= 11 is 0. The number of likely N-dealkylation sites (tertiary alicyclic amines) is 1. The van der Waals surface area contributed by atoms with Crippen LogP contribution in [0, 0.1) is 17.8 Å². The maximum atomic E-state index is 14.9. The largest absolute Gasteiger partial charge is 0.465 e. The molecule has 1 N–H and O–H groups in total. The van der Waals surface area contributed by atoms with Crippen molar-refractivity contribution in [3.8, 4) is 0 Å². The Kier molecular flexibility index (Phi) is 10.6. The first-order valence-electron chi connectivity index (χ1n) is 16.3. The molecule has 0 aromatic heterocycles. The minimum Gasteiger partial charge on any atom is -0.465 e. The van der Waals surface area contributed by atoms with E-state index >= 15 is 0 Å². The molecule has 0 saturated carbocycles. The molecule has 1 aromatic rings. The maximum Gasteiger partial charge on any atom is 0.312 e. The van der Waals surface area contributed by atoms with E-state index in [0.29, 0.717) is 37.8 Å². The Morgan fingerprint density at radius 2 is 1.77 bits per heavy atom. The number of carbonyl (C=O) groups excluding carboxylic acids is 3. The lowest BCUT2D eigenvalue weighted by Gasteiger charge is -2.41. The van der Waals surface area contributed by atoms with Gasteiger partial charge in [-0.3, -0.25) is 14.4 Å². The van der Waals surface area contributed by atoms with E-state index in [4.69, 9.17) is 9.47 Å². The average Bonchev–Trinajstić information content (AvgIpc) is 3.64. The minimum atomic E-state index is -1.21. The van der Waals surface area contributed by atoms with Gasteiger partial charge < -0.3 is 29.3 Å². The zero-order chi connectivity index (χ0) is 32.2. The Labute approximate surface area is 262 Å². The Hall–Kier alpha value is -3.17. The van der Waals surface area contributed by atoms with E-state index in [9.17, 15) is 19.5 Å². The van der Waals surface area contributed by atoms with E-state index in [0.717, 1.165) is 18.8 Å². The molecule has 3 aliphatic heterocycles. The Morgan fingerprint density at radius 3 is 2.32 bits per heavy atom. The van der Waals surface area contributed by atoms with Gasteiger partial charge in [-0.2, -0.15) is 0 Å². The molecule has 7 atom stereocenters. The number of benzene rings is 1. The smallest absolute Gasteiger partial charge is 0.312 e. The molecule has 2 unspecified atom stereocenters. The number of anilines is 2. The number of carbonyl (C=O) groups is 3. The van der Waals surface area contributed by atoms with Crippen molar-refractivity contribution in [3.63, 3.8) is 0 Å². The van der Waals surface area contributed by atoms with Crippen molar-refractivity contribution < 1.29 is 29.0 Å². The van der Waals surface area contributed by atoms with Gasteiger partial charge in [-0.05, 0) is 69.7 Å². The number of fused-ring (bicyclic) bond motifs is 1. The SMILES string of the molecule is C=CCCOC(=O)[C@@H]1[C@H]2C(=O)N([C@@H](CO)[C@@H](C)CC)C(C(=O)N(CC=C)c3ccc(N(CC)CC)cc3)C23CC[C@@]1(CC)O3. The van der Waals surface area contributed by atoms with Gasteiger partial charge in [0.2, 0.25) is 5.91 Å². The Bertz CT molecular complexity index is 1220. The lowest BCUT2D eigenvalue weighted by Crippen LogP contribution is -2.60. The second kappa shape index (κ2) is 13.9. The van der Waals surface area contributed by atoms with Gasteiger partial charge in [0.05, 0.1) is 30.8 Å². The van der Waals surface area contributed by atoms with E-state index in [2.05, 4.69) is 31.9 Å². The van der Waals surface area contributed by atoms with Crippen LogP contribution < -0.4 is 9.80 Å². The monoisotopic (exact) mass is 609 g/mol. The highest BCUT2D eigenvalue weighted by atomic mass is 16.6. The maximum absolute atomic E-state index is 14.9. The Morgan fingerprint density at radius 1 is 1.11 bits per heavy atom. The number of aliphatic hydroxyl groups excluding tert-OH is 1. The van der Waals surface area contributed by atoms with E-state index in [-0.39, 0.29) is 37.5 Å². The van der Waals surface area contributed by atoms with E-state index in [1.807, 2.05) is 45.0 Å². The molecule has 0 radical (unpaired) electrons. The van der Waals surface area contributed by atoms with E-state index < -0.39 is 41.1 Å². The third-order valence-electron chi connectivity index (χ3n) is 10.4. The topological polar surface area (TPSA) is 99.6 Å². The van der Waals surface area contributed by atoms with Crippen LogP contribution in [0.2, 0.25) is 0 Å². The molecule has 4 rings (SSSR count). The van der Waals surface area contributed by atoms with Gasteiger partial charge in [-0.1, -0.05) is 39.3 Å². The molecule has 2 amide bonds. The first-order chi connectivity index (χ1) is 21.1. The van der Waals surface area contributed by atoms with E-state index in [1.165, 1.54) is 0 Å². The lowest BCUT2D eigenvalue weighted by molar-refractivity contribution is -0.162. The van der Waals surface area contributed by atoms with Crippen molar-refractivity contribution in [2.24, 2.45) is 17.8 Å². The van der Waals surface area contributed by atoms with Crippen LogP contribution in [0.5, 0.6) is 0 Å². The molecule has 9 nitrogen and oxygen atoms in total. The summed E-state index contributed by atoms with van der Waals surface area (Å²) in [6, 6.07) is 6.20. The number of nitrogens with zero attached hydrogens (tertiary/aromatic N) is 3. The second-order valence-electron chi connectivity index (χ2n) is 12.4. The van der Waals surface area contributed by atoms with Crippen LogP contribution in [0.15, 0.2) is 49.6 Å². The Balaban J connectivity index is 1.83. The molecule has 3 saturated heterocycles. The zero-order valence-corrected chi connectivity index (χ0v) is 27.2. The van der Waals surface area contributed by atoms with Gasteiger partial charge in [0.25, 0.3) is 5.91 Å². The number of rotatable bonds is 16. The summed E-state index contributed by atoms with van der Waals surface area (Å²) in [5.74, 6) is -2.90. The summed E-state index contributed by atoms with van der Waals surface area (Å²) in [6.07, 6.45) is 6.06. The summed E-state index contributed by atoms with van der Waals surface area (Å²) < 4.78 is 12.6. The van der Waals surface area contributed by atoms with Crippen LogP contribution in [0.3, 0.4) is 0 Å². The first kappa shape index (κ1) is 33.7. The summed E-state index contributed by atoms with van der Waals surface area (Å²) in [6.45, 7) is 19.6. The third kappa shape index (κ3) is 5.47. The van der Waals surface area contributed by atoms with Gasteiger partial charge in [0.15, 0.2) is 0 Å². The number of ether oxygens (including phenoxy) is 2. The summed E-state index contributed by atoms with van der Waals surface area (Å²) in [5.41, 5.74) is -0.372. The van der Waals surface area contributed by atoms with Crippen molar-refractivity contribution in [2.45, 2.75) is 90.0 Å². The molecule has 3 fully saturated rings. The van der Waals surface area contributed by atoms with Crippen LogP contribution >= 0.6 is 0 Å². The summed E-state index contributed by atoms with van der Waals surface area (Å²) in [4.78, 5) is 48.7. The molecule has 9 heteroatoms. The lowest BCUT2D eigenvalue weighted by atomic mass is 9.65. The predicted octanol–water partition coefficient (Wildman–Crippen LogP) is 4.73. The molecule has 0 aliphatic carbocycles. The zero-order valence-electron chi connectivity index (χ0n) is 27.2. The summed E-state index contributed by atoms with van der Waals surface area (Å²) in [5, 5.41) is 10.7. The fraction of sp³-hybridized carbons (Fsp3) is 0.629. The summed E-state index contributed by atoms with van der Waals surface area (Å²) in [7, 11) is 0. The van der Waals surface area contributed by atoms with Gasteiger partial charge in [0, 0.05) is 31.0 Å². The van der Waals surface area contributed by atoms with Crippen molar-refractivity contribution in [1.82, 2.24) is 4.90 Å². The molecule has 1 aromatic carbocycles. The second-order valence-corrected chi connectivity index (χ2v) is 12.4. The van der Waals surface area contributed by atoms with Gasteiger partial charge in [-0.25, -0.2) is 0 Å². The normalized spacial score (nSPS) is 28.4. The number of esters is 1. The molecular weight excluding hydrogens is 558 g/mol. The molecule has 1 spiro atoms. The number of hydrogen-bond donors (Lipinski definition) is 1. The standard InChI is InChI=1S/C35H51N3O6/c1-8-14-22-43-33(42)29-28-31(40)38(27(23-39)24(7)10-3)30(35(28)20-19-34(29,11-4)44-35)32(41)37(21-9-2)26-17-15-25(16-18-26)36(12-5)13-6/h8-9,15-18,24,27-30,39H,1-2,10-14,19-23H2,3-7H3/t24-,27-,28-,29-,30?,34+,35?/m0/s1. The highest BCUT2D eigenvalue weighted by Crippen LogP contribution is 2.65. The highest BCUT2D eigenvalue weighted by Gasteiger charge is 2.79. The fourth-order valence-corrected chi connectivity index (χ4v) is 7.83. The van der Waals surface area contributed by atoms with Gasteiger partial charge >= 0.3 is 5.97 Å². The fourth-order valence-electron chi connectivity index (χ4n) is 7.83. The quantitative estimate of drug-likeness (QED) is 0.164. The van der Waals surface area contributed by atoms with Crippen LogP contribution in [-0.2, 0) is 23.9 Å². The van der Waals surface area contributed by atoms with Crippen LogP contribution in [0.4, 0.5) is 11.4 Å².